The van der Waals surface area contributed by atoms with Gasteiger partial charge in [-0.2, -0.15) is 0 Å². The maximum Gasteiger partial charge on any atom is 0.343 e. The summed E-state index contributed by atoms with van der Waals surface area (Å²) in [4.78, 5) is 11.5. The molecule has 0 heterocycles. The van der Waals surface area contributed by atoms with E-state index in [1.54, 1.807) is 0 Å². The molecule has 0 fully saturated rings. The van der Waals surface area contributed by atoms with Crippen molar-refractivity contribution in [3.63, 3.8) is 0 Å². The number of rotatable bonds is 32. The highest BCUT2D eigenvalue weighted by molar-refractivity contribution is 7.37. The largest absolute Gasteiger partial charge is 0.593 e. The molecule has 4 nitrogen and oxygen atoms in total. The highest BCUT2D eigenvalue weighted by Crippen LogP contribution is 2.33. The average molecular weight is 572 g/mol. The molecule has 0 aliphatic carbocycles. The van der Waals surface area contributed by atoms with Crippen LogP contribution in [0.25, 0.3) is 0 Å². The van der Waals surface area contributed by atoms with Crippen molar-refractivity contribution in [1.29, 1.82) is 0 Å². The Hall–Kier alpha value is -0.0200. The van der Waals surface area contributed by atoms with Gasteiger partial charge >= 0.3 is 8.03 Å². The van der Waals surface area contributed by atoms with Crippen LogP contribution >= 0.6 is 8.03 Å². The zero-order chi connectivity index (χ0) is 28.9. The highest BCUT2D eigenvalue weighted by atomic mass is 31.1. The lowest BCUT2D eigenvalue weighted by molar-refractivity contribution is -0.174. The molecule has 5 heteroatoms. The van der Waals surface area contributed by atoms with E-state index in [1.807, 2.05) is 0 Å². The molecule has 0 aliphatic rings. The molecule has 234 valence electrons. The second-order valence-corrected chi connectivity index (χ2v) is 13.6. The third-order valence-corrected chi connectivity index (χ3v) is 9.62. The first kappa shape index (κ1) is 39.0. The number of aliphatic hydroxyl groups excluding tert-OH is 1. The van der Waals surface area contributed by atoms with Crippen LogP contribution in [-0.2, 0) is 4.57 Å². The molecular formula is C34H70NO3P. The van der Waals surface area contributed by atoms with Gasteiger partial charge in [-0.15, -0.1) is 0 Å². The molecule has 0 amide bonds. The zero-order valence-electron chi connectivity index (χ0n) is 26.6. The molecule has 0 bridgehead atoms. The minimum Gasteiger partial charge on any atom is -0.593 e. The minimum atomic E-state index is -2.90. The summed E-state index contributed by atoms with van der Waals surface area (Å²) in [6.45, 7) is 4.54. The van der Waals surface area contributed by atoms with E-state index in [1.165, 1.54) is 154 Å². The fourth-order valence-electron chi connectivity index (χ4n) is 5.89. The van der Waals surface area contributed by atoms with Crippen LogP contribution in [0.1, 0.15) is 206 Å². The van der Waals surface area contributed by atoms with Gasteiger partial charge < -0.3 is 15.7 Å². The van der Waals surface area contributed by atoms with Crippen molar-refractivity contribution >= 4 is 8.03 Å². The smallest absolute Gasteiger partial charge is 0.343 e. The quantitative estimate of drug-likeness (QED) is 0.0621. The molecule has 0 saturated carbocycles. The van der Waals surface area contributed by atoms with Gasteiger partial charge in [0, 0.05) is 0 Å². The molecule has 0 radical (unpaired) electrons. The normalized spacial score (nSPS) is 13.2. The van der Waals surface area contributed by atoms with Crippen molar-refractivity contribution in [1.82, 2.24) is 0 Å². The first-order valence-corrected chi connectivity index (χ1v) is 18.8. The Bertz CT molecular complexity index is 485. The predicted molar refractivity (Wildman–Crippen MR) is 170 cm³/mol. The van der Waals surface area contributed by atoms with Crippen LogP contribution in [0, 0.1) is 0 Å². The standard InChI is InChI=1S/C34H70NO3P/c1-3-5-7-9-11-13-15-17-19-21-23-25-27-29-31-34(35,33(36)39(37)38)32-30-28-26-24-22-20-18-16-14-12-10-8-6-4-2/h33,36H,3-32,35H2,1-2H3. The Morgan fingerprint density at radius 3 is 0.923 bits per heavy atom. The van der Waals surface area contributed by atoms with E-state index >= 15 is 0 Å². The van der Waals surface area contributed by atoms with Gasteiger partial charge in [0.2, 0.25) is 0 Å². The number of aliphatic hydroxyl groups is 1. The Morgan fingerprint density at radius 2 is 0.718 bits per heavy atom. The lowest BCUT2D eigenvalue weighted by atomic mass is 9.87. The molecule has 0 aromatic rings. The number of hydrogen-bond acceptors (Lipinski definition) is 4. The third kappa shape index (κ3) is 25.4. The van der Waals surface area contributed by atoms with Gasteiger partial charge in [-0.1, -0.05) is 198 Å². The van der Waals surface area contributed by atoms with Gasteiger partial charge in [0.1, 0.15) is 0 Å². The predicted octanol–water partition coefficient (Wildman–Crippen LogP) is 10.8. The van der Waals surface area contributed by atoms with Gasteiger partial charge in [-0.25, -0.2) is 0 Å². The molecule has 0 rings (SSSR count). The molecule has 0 saturated heterocycles. The van der Waals surface area contributed by atoms with Crippen LogP contribution in [0.3, 0.4) is 0 Å². The molecule has 3 N–H and O–H groups in total. The minimum absolute atomic E-state index is 0.605. The van der Waals surface area contributed by atoms with E-state index in [9.17, 15) is 14.6 Å². The topological polar surface area (TPSA) is 86.4 Å². The molecular weight excluding hydrogens is 501 g/mol. The van der Waals surface area contributed by atoms with Crippen LogP contribution in [0.2, 0.25) is 0 Å². The van der Waals surface area contributed by atoms with Crippen molar-refractivity contribution in [2.75, 3.05) is 0 Å². The fraction of sp³-hybridized carbons (Fsp3) is 1.00. The SMILES string of the molecule is CCCCCCCCCCCCCCCCC(N)(CCCCCCCCCCCCCCCC)C(O)[P+](=O)[O-]. The molecule has 0 aromatic heterocycles. The molecule has 0 aromatic carbocycles. The van der Waals surface area contributed by atoms with Gasteiger partial charge in [0.05, 0.1) is 5.54 Å². The molecule has 39 heavy (non-hydrogen) atoms. The Kier molecular flexibility index (Phi) is 29.5. The first-order valence-electron chi connectivity index (χ1n) is 17.6. The average Bonchev–Trinajstić information content (AvgIpc) is 2.93. The zero-order valence-corrected chi connectivity index (χ0v) is 27.5. The summed E-state index contributed by atoms with van der Waals surface area (Å²) in [7, 11) is -2.90. The summed E-state index contributed by atoms with van der Waals surface area (Å²) in [5.74, 6) is -1.42. The number of nitrogens with two attached hydrogens (primary N) is 1. The lowest BCUT2D eigenvalue weighted by Gasteiger charge is -2.29. The van der Waals surface area contributed by atoms with Gasteiger partial charge in [-0.05, 0) is 12.8 Å². The van der Waals surface area contributed by atoms with E-state index < -0.39 is 19.4 Å². The molecule has 0 aliphatic heterocycles. The van der Waals surface area contributed by atoms with Gasteiger partial charge in [0.15, 0.2) is 0 Å². The van der Waals surface area contributed by atoms with Crippen LogP contribution in [0.15, 0.2) is 0 Å². The van der Waals surface area contributed by atoms with Crippen molar-refractivity contribution in [2.45, 2.75) is 218 Å². The Morgan fingerprint density at radius 1 is 0.513 bits per heavy atom. The summed E-state index contributed by atoms with van der Waals surface area (Å²) in [5.41, 5.74) is 5.52. The van der Waals surface area contributed by atoms with E-state index in [4.69, 9.17) is 5.73 Å². The first-order chi connectivity index (χ1) is 19.0. The van der Waals surface area contributed by atoms with E-state index in [0.717, 1.165) is 25.7 Å². The van der Waals surface area contributed by atoms with Crippen molar-refractivity contribution in [2.24, 2.45) is 5.73 Å². The van der Waals surface area contributed by atoms with E-state index in [0.29, 0.717) is 12.8 Å². The second-order valence-electron chi connectivity index (χ2n) is 12.6. The maximum atomic E-state index is 11.5. The van der Waals surface area contributed by atoms with Crippen LogP contribution in [-0.4, -0.2) is 16.5 Å². The molecule has 2 unspecified atom stereocenters. The summed E-state index contributed by atoms with van der Waals surface area (Å²) < 4.78 is 11.5. The van der Waals surface area contributed by atoms with Crippen molar-refractivity contribution in [3.05, 3.63) is 0 Å². The summed E-state index contributed by atoms with van der Waals surface area (Å²) in [6.07, 6.45) is 37.5. The lowest BCUT2D eigenvalue weighted by Crippen LogP contribution is -2.50. The highest BCUT2D eigenvalue weighted by Gasteiger charge is 2.41. The van der Waals surface area contributed by atoms with Crippen molar-refractivity contribution < 1.29 is 14.6 Å². The third-order valence-electron chi connectivity index (χ3n) is 8.71. The summed E-state index contributed by atoms with van der Waals surface area (Å²) in [5, 5.41) is 10.3. The van der Waals surface area contributed by atoms with Crippen molar-refractivity contribution in [3.8, 4) is 0 Å². The Balaban J connectivity index is 3.79. The van der Waals surface area contributed by atoms with Crippen LogP contribution in [0.5, 0.6) is 0 Å². The second kappa shape index (κ2) is 29.5. The Labute approximate surface area is 246 Å². The molecule has 0 spiro atoms. The molecule has 2 atom stereocenters. The number of unbranched alkanes of at least 4 members (excludes halogenated alkanes) is 26. The van der Waals surface area contributed by atoms with Crippen LogP contribution in [0.4, 0.5) is 0 Å². The van der Waals surface area contributed by atoms with Gasteiger partial charge in [-0.3, -0.25) is 0 Å². The number of hydrogen-bond donors (Lipinski definition) is 2. The van der Waals surface area contributed by atoms with E-state index in [2.05, 4.69) is 13.8 Å². The fourth-order valence-corrected chi connectivity index (χ4v) is 6.57. The monoisotopic (exact) mass is 572 g/mol. The maximum absolute atomic E-state index is 11.5. The summed E-state index contributed by atoms with van der Waals surface area (Å²) in [6, 6.07) is 0. The van der Waals surface area contributed by atoms with Gasteiger partial charge in [0.25, 0.3) is 5.85 Å². The van der Waals surface area contributed by atoms with E-state index in [-0.39, 0.29) is 0 Å². The van der Waals surface area contributed by atoms with Crippen LogP contribution < -0.4 is 10.6 Å². The summed E-state index contributed by atoms with van der Waals surface area (Å²) >= 11 is 0.